The van der Waals surface area contributed by atoms with E-state index in [1.165, 1.54) is 5.56 Å². The zero-order chi connectivity index (χ0) is 11.4. The third-order valence-corrected chi connectivity index (χ3v) is 2.76. The summed E-state index contributed by atoms with van der Waals surface area (Å²) < 4.78 is 0. The van der Waals surface area contributed by atoms with E-state index in [0.29, 0.717) is 5.61 Å². The Morgan fingerprint density at radius 2 is 2.00 bits per heavy atom. The molecule has 1 aliphatic heterocycles. The second kappa shape index (κ2) is 5.10. The van der Waals surface area contributed by atoms with Crippen molar-refractivity contribution in [3.63, 3.8) is 0 Å². The molecule has 0 spiro atoms. The lowest BCUT2D eigenvalue weighted by atomic mass is 9.71. The maximum absolute atomic E-state index is 9.22. The average Bonchev–Trinajstić information content (AvgIpc) is 2.31. The van der Waals surface area contributed by atoms with Crippen LogP contribution in [0.2, 0.25) is 0 Å². The highest BCUT2D eigenvalue weighted by molar-refractivity contribution is 6.80. The maximum Gasteiger partial charge on any atom is 0.504 e. The van der Waals surface area contributed by atoms with Crippen LogP contribution in [-0.4, -0.2) is 22.8 Å². The molecule has 0 aromatic heterocycles. The molecule has 0 amide bonds. The molecule has 0 radical (unpaired) electrons. The SMILES string of the molecule is OB(O)C1=NC=CCC1Cc1ccccc1. The van der Waals surface area contributed by atoms with Gasteiger partial charge >= 0.3 is 7.12 Å². The van der Waals surface area contributed by atoms with Gasteiger partial charge in [-0.25, -0.2) is 0 Å². The van der Waals surface area contributed by atoms with E-state index < -0.39 is 7.12 Å². The highest BCUT2D eigenvalue weighted by atomic mass is 16.4. The van der Waals surface area contributed by atoms with E-state index in [-0.39, 0.29) is 5.92 Å². The van der Waals surface area contributed by atoms with Crippen LogP contribution < -0.4 is 0 Å². The van der Waals surface area contributed by atoms with E-state index in [9.17, 15) is 10.0 Å². The largest absolute Gasteiger partial charge is 0.504 e. The van der Waals surface area contributed by atoms with Crippen molar-refractivity contribution in [1.29, 1.82) is 0 Å². The molecular formula is C12H14BNO2. The Kier molecular flexibility index (Phi) is 3.54. The Bertz CT molecular complexity index is 401. The fraction of sp³-hybridized carbons (Fsp3) is 0.250. The van der Waals surface area contributed by atoms with E-state index in [0.717, 1.165) is 12.8 Å². The summed E-state index contributed by atoms with van der Waals surface area (Å²) in [5.74, 6) is 0.0902. The number of hydrogen-bond donors (Lipinski definition) is 2. The number of benzene rings is 1. The fourth-order valence-corrected chi connectivity index (χ4v) is 1.95. The molecule has 2 N–H and O–H groups in total. The quantitative estimate of drug-likeness (QED) is 0.744. The average molecular weight is 215 g/mol. The van der Waals surface area contributed by atoms with Gasteiger partial charge in [0.2, 0.25) is 0 Å². The third kappa shape index (κ3) is 2.59. The van der Waals surface area contributed by atoms with Crippen LogP contribution in [0.15, 0.2) is 47.6 Å². The van der Waals surface area contributed by atoms with Crippen LogP contribution >= 0.6 is 0 Å². The summed E-state index contributed by atoms with van der Waals surface area (Å²) in [6.45, 7) is 0. The molecule has 82 valence electrons. The topological polar surface area (TPSA) is 52.8 Å². The molecule has 1 aromatic rings. The monoisotopic (exact) mass is 215 g/mol. The molecule has 0 fully saturated rings. The zero-order valence-corrected chi connectivity index (χ0v) is 8.95. The first-order valence-electron chi connectivity index (χ1n) is 5.40. The van der Waals surface area contributed by atoms with Gasteiger partial charge in [0.05, 0.1) is 5.61 Å². The molecule has 16 heavy (non-hydrogen) atoms. The molecule has 1 heterocycles. The minimum atomic E-state index is -1.45. The first-order chi connectivity index (χ1) is 7.77. The maximum atomic E-state index is 9.22. The Balaban J connectivity index is 2.10. The van der Waals surface area contributed by atoms with Crippen LogP contribution in [0.4, 0.5) is 0 Å². The molecule has 4 heteroatoms. The summed E-state index contributed by atoms with van der Waals surface area (Å²) >= 11 is 0. The standard InChI is InChI=1S/C12H14BNO2/c15-13(16)12-11(7-4-8-14-12)9-10-5-2-1-3-6-10/h1-6,8,11,15-16H,7,9H2. The molecule has 1 aromatic carbocycles. The normalized spacial score (nSPS) is 19.4. The third-order valence-electron chi connectivity index (χ3n) is 2.76. The van der Waals surface area contributed by atoms with Crippen LogP contribution in [0.1, 0.15) is 12.0 Å². The van der Waals surface area contributed by atoms with Crippen molar-refractivity contribution in [2.45, 2.75) is 12.8 Å². The van der Waals surface area contributed by atoms with Crippen LogP contribution in [0, 0.1) is 5.92 Å². The van der Waals surface area contributed by atoms with Crippen molar-refractivity contribution in [3.05, 3.63) is 48.2 Å². The molecule has 0 saturated heterocycles. The van der Waals surface area contributed by atoms with Crippen molar-refractivity contribution in [2.75, 3.05) is 0 Å². The molecule has 0 saturated carbocycles. The fourth-order valence-electron chi connectivity index (χ4n) is 1.95. The lowest BCUT2D eigenvalue weighted by Crippen LogP contribution is -2.34. The molecular weight excluding hydrogens is 201 g/mol. The summed E-state index contributed by atoms with van der Waals surface area (Å²) in [6.07, 6.45) is 5.20. The van der Waals surface area contributed by atoms with Crippen molar-refractivity contribution in [1.82, 2.24) is 0 Å². The Morgan fingerprint density at radius 3 is 2.69 bits per heavy atom. The van der Waals surface area contributed by atoms with Gasteiger partial charge in [0, 0.05) is 12.1 Å². The number of hydrogen-bond acceptors (Lipinski definition) is 3. The van der Waals surface area contributed by atoms with Crippen LogP contribution in [0.25, 0.3) is 0 Å². The van der Waals surface area contributed by atoms with Crippen molar-refractivity contribution < 1.29 is 10.0 Å². The van der Waals surface area contributed by atoms with E-state index in [1.807, 2.05) is 36.4 Å². The molecule has 2 rings (SSSR count). The van der Waals surface area contributed by atoms with Gasteiger partial charge < -0.3 is 10.0 Å². The highest BCUT2D eigenvalue weighted by Crippen LogP contribution is 2.18. The molecule has 0 bridgehead atoms. The van der Waals surface area contributed by atoms with Crippen molar-refractivity contribution in [2.24, 2.45) is 10.9 Å². The van der Waals surface area contributed by atoms with E-state index >= 15 is 0 Å². The first kappa shape index (κ1) is 11.1. The van der Waals surface area contributed by atoms with Gasteiger partial charge in [0.15, 0.2) is 0 Å². The first-order valence-corrected chi connectivity index (χ1v) is 5.40. The van der Waals surface area contributed by atoms with Gasteiger partial charge in [0.25, 0.3) is 0 Å². The van der Waals surface area contributed by atoms with Crippen molar-refractivity contribution in [3.8, 4) is 0 Å². The molecule has 3 nitrogen and oxygen atoms in total. The van der Waals surface area contributed by atoms with Crippen molar-refractivity contribution >= 4 is 12.7 Å². The van der Waals surface area contributed by atoms with Gasteiger partial charge in [-0.15, -0.1) is 0 Å². The summed E-state index contributed by atoms with van der Waals surface area (Å²) in [6, 6.07) is 10.0. The smallest absolute Gasteiger partial charge is 0.422 e. The summed E-state index contributed by atoms with van der Waals surface area (Å²) in [4.78, 5) is 4.04. The van der Waals surface area contributed by atoms with Gasteiger partial charge in [-0.2, -0.15) is 0 Å². The van der Waals surface area contributed by atoms with E-state index in [2.05, 4.69) is 4.99 Å². The lowest BCUT2D eigenvalue weighted by Gasteiger charge is -2.19. The Morgan fingerprint density at radius 1 is 1.25 bits per heavy atom. The van der Waals surface area contributed by atoms with E-state index in [4.69, 9.17) is 0 Å². The second-order valence-corrected chi connectivity index (χ2v) is 3.93. The minimum absolute atomic E-state index is 0.0902. The Labute approximate surface area is 95.3 Å². The zero-order valence-electron chi connectivity index (χ0n) is 8.95. The number of aliphatic imine (C=N–C) groups is 1. The van der Waals surface area contributed by atoms with Gasteiger partial charge in [0.1, 0.15) is 0 Å². The minimum Gasteiger partial charge on any atom is -0.422 e. The molecule has 0 aliphatic carbocycles. The number of nitrogens with zero attached hydrogens (tertiary/aromatic N) is 1. The van der Waals surface area contributed by atoms with Crippen LogP contribution in [0.3, 0.4) is 0 Å². The van der Waals surface area contributed by atoms with Gasteiger partial charge in [-0.3, -0.25) is 4.99 Å². The Hall–Kier alpha value is -1.39. The van der Waals surface area contributed by atoms with E-state index in [1.54, 1.807) is 6.20 Å². The van der Waals surface area contributed by atoms with Crippen LogP contribution in [0.5, 0.6) is 0 Å². The second-order valence-electron chi connectivity index (χ2n) is 3.93. The summed E-state index contributed by atoms with van der Waals surface area (Å²) in [7, 11) is -1.45. The van der Waals surface area contributed by atoms with Gasteiger partial charge in [-0.05, 0) is 18.4 Å². The molecule has 1 aliphatic rings. The summed E-state index contributed by atoms with van der Waals surface area (Å²) in [5.41, 5.74) is 1.66. The molecule has 1 unspecified atom stereocenters. The predicted molar refractivity (Wildman–Crippen MR) is 65.0 cm³/mol. The van der Waals surface area contributed by atoms with Gasteiger partial charge in [-0.1, -0.05) is 36.4 Å². The molecule has 1 atom stereocenters. The highest BCUT2D eigenvalue weighted by Gasteiger charge is 2.26. The predicted octanol–water partition coefficient (Wildman–Crippen LogP) is 1.22. The number of allylic oxidation sites excluding steroid dienone is 1. The number of rotatable bonds is 3. The lowest BCUT2D eigenvalue weighted by molar-refractivity contribution is 0.425. The summed E-state index contributed by atoms with van der Waals surface area (Å²) in [5, 5.41) is 18.4. The van der Waals surface area contributed by atoms with Crippen LogP contribution in [-0.2, 0) is 6.42 Å².